The number of benzene rings is 3. The summed E-state index contributed by atoms with van der Waals surface area (Å²) >= 11 is 1.31. The van der Waals surface area contributed by atoms with Gasteiger partial charge in [-0.3, -0.25) is 9.36 Å². The molecule has 1 aromatic heterocycles. The molecule has 0 unspecified atom stereocenters. The molecule has 35 heavy (non-hydrogen) atoms. The van der Waals surface area contributed by atoms with Gasteiger partial charge in [-0.05, 0) is 42.5 Å². The Morgan fingerprint density at radius 1 is 0.971 bits per heavy atom. The number of methoxy groups -OCH3 is 2. The number of para-hydroxylation sites is 3. The van der Waals surface area contributed by atoms with Gasteiger partial charge < -0.3 is 18.9 Å². The van der Waals surface area contributed by atoms with Crippen molar-refractivity contribution >= 4 is 17.5 Å². The molecule has 1 aliphatic heterocycles. The van der Waals surface area contributed by atoms with Crippen LogP contribution < -0.4 is 18.9 Å². The Hall–Kier alpha value is -3.98. The van der Waals surface area contributed by atoms with Gasteiger partial charge in [-0.2, -0.15) is 0 Å². The average molecular weight is 490 g/mol. The molecular weight excluding hydrogens is 466 g/mol. The molecule has 0 aliphatic carbocycles. The lowest BCUT2D eigenvalue weighted by Crippen LogP contribution is -2.24. The Labute approximate surface area is 206 Å². The zero-order valence-corrected chi connectivity index (χ0v) is 20.0. The second kappa shape index (κ2) is 10.1. The molecule has 0 bridgehead atoms. The topological polar surface area (TPSA) is 84.7 Å². The molecule has 1 aliphatic rings. The second-order valence-corrected chi connectivity index (χ2v) is 8.60. The molecule has 0 fully saturated rings. The first-order valence-electron chi connectivity index (χ1n) is 10.9. The molecule has 4 aromatic rings. The summed E-state index contributed by atoms with van der Waals surface area (Å²) in [5, 5.41) is 9.41. The van der Waals surface area contributed by atoms with Crippen LogP contribution in [-0.2, 0) is 0 Å². The van der Waals surface area contributed by atoms with E-state index in [1.807, 2.05) is 59.2 Å². The predicted octanol–water partition coefficient (Wildman–Crippen LogP) is 4.77. The van der Waals surface area contributed by atoms with Crippen LogP contribution in [-0.4, -0.2) is 47.1 Å². The molecule has 8 nitrogen and oxygen atoms in total. The summed E-state index contributed by atoms with van der Waals surface area (Å²) in [4.78, 5) is 13.0. The van der Waals surface area contributed by atoms with E-state index in [0.717, 1.165) is 5.69 Å². The summed E-state index contributed by atoms with van der Waals surface area (Å²) in [6.45, 7) is 0.303. The molecule has 0 radical (unpaired) electrons. The highest BCUT2D eigenvalue weighted by Crippen LogP contribution is 2.37. The number of Topliss-reactive ketones (excluding diaryl/α,β-unsaturated/α-hetero) is 1. The highest BCUT2D eigenvalue weighted by Gasteiger charge is 2.29. The minimum Gasteiger partial charge on any atom is -0.493 e. The van der Waals surface area contributed by atoms with E-state index in [9.17, 15) is 4.79 Å². The van der Waals surface area contributed by atoms with Crippen LogP contribution in [0.25, 0.3) is 5.69 Å². The molecule has 5 rings (SSSR count). The van der Waals surface area contributed by atoms with Crippen molar-refractivity contribution in [2.45, 2.75) is 11.3 Å². The molecule has 0 saturated heterocycles. The molecule has 0 saturated carbocycles. The Bertz CT molecular complexity index is 1340. The summed E-state index contributed by atoms with van der Waals surface area (Å²) in [5.41, 5.74) is 1.40. The van der Waals surface area contributed by atoms with E-state index in [1.165, 1.54) is 11.8 Å². The summed E-state index contributed by atoms with van der Waals surface area (Å²) < 4.78 is 24.6. The first-order chi connectivity index (χ1) is 17.2. The maximum Gasteiger partial charge on any atom is 0.196 e. The Kier molecular flexibility index (Phi) is 6.58. The van der Waals surface area contributed by atoms with Crippen LogP contribution in [0.1, 0.15) is 22.3 Å². The molecule has 0 spiro atoms. The summed E-state index contributed by atoms with van der Waals surface area (Å²) in [6.07, 6.45) is -0.450. The third kappa shape index (κ3) is 4.67. The van der Waals surface area contributed by atoms with Crippen LogP contribution in [0.2, 0.25) is 0 Å². The lowest BCUT2D eigenvalue weighted by molar-refractivity contribution is 0.0835. The monoisotopic (exact) mass is 489 g/mol. The maximum atomic E-state index is 13.0. The number of hydrogen-bond acceptors (Lipinski definition) is 8. The number of carbonyl (C=O) groups is 1. The predicted molar refractivity (Wildman–Crippen MR) is 131 cm³/mol. The molecule has 1 atom stereocenters. The number of fused-ring (bicyclic) bond motifs is 1. The van der Waals surface area contributed by atoms with Crippen molar-refractivity contribution in [1.29, 1.82) is 0 Å². The number of hydrogen-bond donors (Lipinski definition) is 0. The number of nitrogens with zero attached hydrogens (tertiary/aromatic N) is 3. The first-order valence-corrected chi connectivity index (χ1v) is 11.9. The summed E-state index contributed by atoms with van der Waals surface area (Å²) in [6, 6.07) is 22.4. The third-order valence-corrected chi connectivity index (χ3v) is 6.44. The standard InChI is InChI=1S/C26H23N3O5S/c1-31-20-13-12-17(14-23(20)32-2)19(30)16-35-26-28-27-25(29(26)18-8-4-3-5-9-18)24-15-33-21-10-6-7-11-22(21)34-24/h3-14,24H,15-16H2,1-2H3/t24-/m1/s1. The van der Waals surface area contributed by atoms with Gasteiger partial charge >= 0.3 is 0 Å². The summed E-state index contributed by atoms with van der Waals surface area (Å²) in [5.74, 6) is 3.15. The van der Waals surface area contributed by atoms with Crippen LogP contribution in [0.5, 0.6) is 23.0 Å². The number of ketones is 1. The van der Waals surface area contributed by atoms with E-state index in [4.69, 9.17) is 18.9 Å². The van der Waals surface area contributed by atoms with Gasteiger partial charge in [-0.15, -0.1) is 10.2 Å². The SMILES string of the molecule is COc1ccc(C(=O)CSc2nnc([C@H]3COc4ccccc4O3)n2-c2ccccc2)cc1OC. The molecule has 178 valence electrons. The smallest absolute Gasteiger partial charge is 0.196 e. The van der Waals surface area contributed by atoms with Crippen LogP contribution in [0.4, 0.5) is 0 Å². The van der Waals surface area contributed by atoms with E-state index >= 15 is 0 Å². The number of rotatable bonds is 8. The fraction of sp³-hybridized carbons (Fsp3) is 0.192. The number of ether oxygens (including phenoxy) is 4. The fourth-order valence-electron chi connectivity index (χ4n) is 3.77. The van der Waals surface area contributed by atoms with Crippen molar-refractivity contribution in [2.75, 3.05) is 26.6 Å². The molecule has 2 heterocycles. The molecule has 9 heteroatoms. The van der Waals surface area contributed by atoms with E-state index in [2.05, 4.69) is 10.2 Å². The van der Waals surface area contributed by atoms with Crippen molar-refractivity contribution in [1.82, 2.24) is 14.8 Å². The molecule has 3 aromatic carbocycles. The maximum absolute atomic E-state index is 13.0. The van der Waals surface area contributed by atoms with Crippen LogP contribution >= 0.6 is 11.8 Å². The molecular formula is C26H23N3O5S. The zero-order valence-electron chi connectivity index (χ0n) is 19.2. The van der Waals surface area contributed by atoms with E-state index in [0.29, 0.717) is 46.1 Å². The Morgan fingerprint density at radius 3 is 2.49 bits per heavy atom. The van der Waals surface area contributed by atoms with Gasteiger partial charge in [0.1, 0.15) is 6.61 Å². The normalized spacial score (nSPS) is 14.4. The fourth-order valence-corrected chi connectivity index (χ4v) is 4.63. The lowest BCUT2D eigenvalue weighted by atomic mass is 10.1. The van der Waals surface area contributed by atoms with Gasteiger partial charge in [0, 0.05) is 11.3 Å². The van der Waals surface area contributed by atoms with Gasteiger partial charge in [0.25, 0.3) is 0 Å². The highest BCUT2D eigenvalue weighted by atomic mass is 32.2. The highest BCUT2D eigenvalue weighted by molar-refractivity contribution is 7.99. The van der Waals surface area contributed by atoms with Crippen molar-refractivity contribution in [2.24, 2.45) is 0 Å². The number of carbonyl (C=O) groups excluding carboxylic acids is 1. The van der Waals surface area contributed by atoms with Crippen molar-refractivity contribution in [3.63, 3.8) is 0 Å². The minimum atomic E-state index is -0.450. The van der Waals surface area contributed by atoms with Crippen LogP contribution in [0.3, 0.4) is 0 Å². The average Bonchev–Trinajstić information content (AvgIpc) is 3.35. The second-order valence-electron chi connectivity index (χ2n) is 7.66. The van der Waals surface area contributed by atoms with Gasteiger partial charge in [-0.1, -0.05) is 42.1 Å². The molecule has 0 N–H and O–H groups in total. The van der Waals surface area contributed by atoms with E-state index in [1.54, 1.807) is 32.4 Å². The van der Waals surface area contributed by atoms with E-state index in [-0.39, 0.29) is 11.5 Å². The van der Waals surface area contributed by atoms with Gasteiger partial charge in [0.05, 0.1) is 20.0 Å². The lowest BCUT2D eigenvalue weighted by Gasteiger charge is -2.26. The largest absolute Gasteiger partial charge is 0.493 e. The quantitative estimate of drug-likeness (QED) is 0.258. The van der Waals surface area contributed by atoms with Gasteiger partial charge in [0.15, 0.2) is 45.9 Å². The Balaban J connectivity index is 1.41. The van der Waals surface area contributed by atoms with Crippen molar-refractivity contribution in [3.05, 3.63) is 84.2 Å². The van der Waals surface area contributed by atoms with E-state index < -0.39 is 6.10 Å². The number of aromatic nitrogens is 3. The van der Waals surface area contributed by atoms with Gasteiger partial charge in [0.2, 0.25) is 0 Å². The van der Waals surface area contributed by atoms with Crippen molar-refractivity contribution < 1.29 is 23.7 Å². The molecule has 0 amide bonds. The van der Waals surface area contributed by atoms with Gasteiger partial charge in [-0.25, -0.2) is 0 Å². The third-order valence-electron chi connectivity index (χ3n) is 5.51. The van der Waals surface area contributed by atoms with Crippen LogP contribution in [0.15, 0.2) is 78.0 Å². The van der Waals surface area contributed by atoms with Crippen LogP contribution in [0, 0.1) is 0 Å². The zero-order chi connectivity index (χ0) is 24.2. The summed E-state index contributed by atoms with van der Waals surface area (Å²) in [7, 11) is 3.10. The minimum absolute atomic E-state index is 0.0636. The Morgan fingerprint density at radius 2 is 1.71 bits per heavy atom. The van der Waals surface area contributed by atoms with Crippen molar-refractivity contribution in [3.8, 4) is 28.7 Å². The first kappa shape index (κ1) is 22.8. The number of thioether (sulfide) groups is 1.